The van der Waals surface area contributed by atoms with Gasteiger partial charge in [-0.3, -0.25) is 4.79 Å². The molecule has 3 aromatic carbocycles. The van der Waals surface area contributed by atoms with Crippen molar-refractivity contribution in [2.45, 2.75) is 57.2 Å². The van der Waals surface area contributed by atoms with Gasteiger partial charge in [-0.2, -0.15) is 0 Å². The summed E-state index contributed by atoms with van der Waals surface area (Å²) in [5.74, 6) is -0.410. The summed E-state index contributed by atoms with van der Waals surface area (Å²) in [7, 11) is -3.74. The molecular weight excluding hydrogens is 522 g/mol. The van der Waals surface area contributed by atoms with Gasteiger partial charge in [0.15, 0.2) is 0 Å². The summed E-state index contributed by atoms with van der Waals surface area (Å²) in [6.07, 6.45) is 3.55. The number of hydrogen-bond acceptors (Lipinski definition) is 4. The van der Waals surface area contributed by atoms with Gasteiger partial charge < -0.3 is 15.1 Å². The molecule has 0 spiro atoms. The van der Waals surface area contributed by atoms with E-state index in [9.17, 15) is 18.0 Å². The van der Waals surface area contributed by atoms with Crippen LogP contribution in [-0.4, -0.2) is 37.7 Å². The van der Waals surface area contributed by atoms with E-state index in [1.165, 1.54) is 0 Å². The van der Waals surface area contributed by atoms with Crippen LogP contribution in [0.15, 0.2) is 84.9 Å². The van der Waals surface area contributed by atoms with Crippen LogP contribution in [0.2, 0.25) is 0 Å². The number of carbonyl (C=O) groups is 2. The van der Waals surface area contributed by atoms with Crippen molar-refractivity contribution in [3.05, 3.63) is 96.1 Å². The standard InChI is InChI=1S/C32H37N3O4S/c1-24(36)13-5-2-10-20-30(35-40(38,39)23-25-14-6-3-7-15-25)32(37)33-22-21-28-27-18-11-12-19-29(27)34-31(28)26-16-8-4-9-17-26/h3-4,6-9,11-12,14-19,30,34-35H,2,5,10,13,20-23H2,1H3,(H,33,37)/t30-/m0/s1. The van der Waals surface area contributed by atoms with E-state index in [4.69, 9.17) is 0 Å². The van der Waals surface area contributed by atoms with Crippen LogP contribution in [0.1, 0.15) is 50.2 Å². The number of rotatable bonds is 15. The molecule has 0 fully saturated rings. The quantitative estimate of drug-likeness (QED) is 0.167. The van der Waals surface area contributed by atoms with Crippen molar-refractivity contribution in [2.75, 3.05) is 6.54 Å². The van der Waals surface area contributed by atoms with Gasteiger partial charge in [0.1, 0.15) is 11.8 Å². The number of fused-ring (bicyclic) bond motifs is 1. The molecule has 0 saturated heterocycles. The molecule has 0 radical (unpaired) electrons. The molecule has 0 aliphatic heterocycles. The lowest BCUT2D eigenvalue weighted by atomic mass is 10.0. The van der Waals surface area contributed by atoms with Gasteiger partial charge in [-0.15, -0.1) is 0 Å². The van der Waals surface area contributed by atoms with Crippen molar-refractivity contribution in [3.63, 3.8) is 0 Å². The molecule has 4 aromatic rings. The van der Waals surface area contributed by atoms with Crippen molar-refractivity contribution in [3.8, 4) is 11.3 Å². The third-order valence-electron chi connectivity index (χ3n) is 6.91. The first kappa shape index (κ1) is 29.2. The Balaban J connectivity index is 1.44. The highest BCUT2D eigenvalue weighted by molar-refractivity contribution is 7.88. The number of sulfonamides is 1. The van der Waals surface area contributed by atoms with Crippen molar-refractivity contribution in [1.29, 1.82) is 0 Å². The number of unbranched alkanes of at least 4 members (excludes halogenated alkanes) is 2. The minimum atomic E-state index is -3.74. The van der Waals surface area contributed by atoms with E-state index in [2.05, 4.69) is 33.2 Å². The van der Waals surface area contributed by atoms with E-state index in [0.29, 0.717) is 37.8 Å². The Morgan fingerprint density at radius 1 is 0.850 bits per heavy atom. The number of Topliss-reactive ketones (excluding diaryl/α,β-unsaturated/α-hetero) is 1. The van der Waals surface area contributed by atoms with Crippen LogP contribution in [0.25, 0.3) is 22.2 Å². The third-order valence-corrected chi connectivity index (χ3v) is 8.27. The average molecular weight is 560 g/mol. The number of benzene rings is 3. The number of ketones is 1. The molecule has 8 heteroatoms. The Morgan fingerprint density at radius 2 is 1.52 bits per heavy atom. The Morgan fingerprint density at radius 3 is 2.25 bits per heavy atom. The lowest BCUT2D eigenvalue weighted by Gasteiger charge is -2.19. The summed E-state index contributed by atoms with van der Waals surface area (Å²) in [6, 6.07) is 26.2. The topological polar surface area (TPSA) is 108 Å². The number of H-pyrrole nitrogens is 1. The Hall–Kier alpha value is -3.75. The summed E-state index contributed by atoms with van der Waals surface area (Å²) >= 11 is 0. The first-order valence-corrected chi connectivity index (χ1v) is 15.4. The van der Waals surface area contributed by atoms with Crippen molar-refractivity contribution in [2.24, 2.45) is 0 Å². The lowest BCUT2D eigenvalue weighted by molar-refractivity contribution is -0.123. The number of hydrogen-bond donors (Lipinski definition) is 3. The predicted molar refractivity (Wildman–Crippen MR) is 160 cm³/mol. The molecule has 1 aromatic heterocycles. The van der Waals surface area contributed by atoms with Crippen LogP contribution < -0.4 is 10.0 Å². The smallest absolute Gasteiger partial charge is 0.238 e. The zero-order valence-corrected chi connectivity index (χ0v) is 23.7. The Labute approximate surface area is 236 Å². The molecule has 0 saturated carbocycles. The number of para-hydroxylation sites is 1. The fourth-order valence-electron chi connectivity index (χ4n) is 4.94. The fraction of sp³-hybridized carbons (Fsp3) is 0.312. The number of nitrogens with one attached hydrogen (secondary N) is 3. The monoisotopic (exact) mass is 559 g/mol. The lowest BCUT2D eigenvalue weighted by Crippen LogP contribution is -2.47. The highest BCUT2D eigenvalue weighted by atomic mass is 32.2. The van der Waals surface area contributed by atoms with Gasteiger partial charge in [-0.25, -0.2) is 13.1 Å². The number of aromatic nitrogens is 1. The van der Waals surface area contributed by atoms with Crippen LogP contribution in [0, 0.1) is 0 Å². The molecule has 1 atom stereocenters. The first-order chi connectivity index (χ1) is 19.3. The predicted octanol–water partition coefficient (Wildman–Crippen LogP) is 5.52. The second kappa shape index (κ2) is 14.1. The Bertz CT molecular complexity index is 1520. The van der Waals surface area contributed by atoms with Gasteiger partial charge in [0.05, 0.1) is 5.75 Å². The van der Waals surface area contributed by atoms with E-state index in [0.717, 1.165) is 40.6 Å². The van der Waals surface area contributed by atoms with E-state index < -0.39 is 16.1 Å². The van der Waals surface area contributed by atoms with Crippen LogP contribution in [0.3, 0.4) is 0 Å². The van der Waals surface area contributed by atoms with Gasteiger partial charge in [-0.1, -0.05) is 91.7 Å². The molecule has 0 aliphatic carbocycles. The van der Waals surface area contributed by atoms with Crippen LogP contribution >= 0.6 is 0 Å². The summed E-state index contributed by atoms with van der Waals surface area (Å²) in [6.45, 7) is 1.92. The van der Waals surface area contributed by atoms with Gasteiger partial charge in [0.2, 0.25) is 15.9 Å². The molecule has 1 heterocycles. The second-order valence-corrected chi connectivity index (χ2v) is 11.9. The van der Waals surface area contributed by atoms with Gasteiger partial charge in [0.25, 0.3) is 0 Å². The van der Waals surface area contributed by atoms with Gasteiger partial charge in [0, 0.05) is 29.6 Å². The minimum absolute atomic E-state index is 0.130. The number of aromatic amines is 1. The fourth-order valence-corrected chi connectivity index (χ4v) is 6.31. The van der Waals surface area contributed by atoms with E-state index in [1.807, 2.05) is 42.5 Å². The maximum absolute atomic E-state index is 13.3. The highest BCUT2D eigenvalue weighted by Crippen LogP contribution is 2.30. The minimum Gasteiger partial charge on any atom is -0.354 e. The zero-order chi connectivity index (χ0) is 28.4. The summed E-state index contributed by atoms with van der Waals surface area (Å²) in [5.41, 5.74) is 4.87. The maximum atomic E-state index is 13.3. The van der Waals surface area contributed by atoms with Gasteiger partial charge in [-0.05, 0) is 48.9 Å². The third kappa shape index (κ3) is 8.37. The molecule has 7 nitrogen and oxygen atoms in total. The second-order valence-electron chi connectivity index (χ2n) is 10.1. The van der Waals surface area contributed by atoms with E-state index >= 15 is 0 Å². The van der Waals surface area contributed by atoms with E-state index in [-0.39, 0.29) is 17.4 Å². The summed E-state index contributed by atoms with van der Waals surface area (Å²) < 4.78 is 28.6. The highest BCUT2D eigenvalue weighted by Gasteiger charge is 2.24. The molecule has 4 rings (SSSR count). The molecule has 3 N–H and O–H groups in total. The van der Waals surface area contributed by atoms with Crippen molar-refractivity contribution >= 4 is 32.6 Å². The zero-order valence-electron chi connectivity index (χ0n) is 22.9. The van der Waals surface area contributed by atoms with Crippen LogP contribution in [0.5, 0.6) is 0 Å². The van der Waals surface area contributed by atoms with E-state index in [1.54, 1.807) is 31.2 Å². The normalized spacial score (nSPS) is 12.3. The number of amides is 1. The maximum Gasteiger partial charge on any atom is 0.238 e. The Kier molecular flexibility index (Phi) is 10.3. The molecule has 0 unspecified atom stereocenters. The number of carbonyl (C=O) groups excluding carboxylic acids is 2. The molecule has 210 valence electrons. The van der Waals surface area contributed by atoms with Crippen molar-refractivity contribution in [1.82, 2.24) is 15.0 Å². The molecule has 1 amide bonds. The molecular formula is C32H37N3O4S. The average Bonchev–Trinajstić information content (AvgIpc) is 3.31. The van der Waals surface area contributed by atoms with Crippen molar-refractivity contribution < 1.29 is 18.0 Å². The summed E-state index contributed by atoms with van der Waals surface area (Å²) in [4.78, 5) is 28.1. The van der Waals surface area contributed by atoms with Crippen LogP contribution in [0.4, 0.5) is 0 Å². The van der Waals surface area contributed by atoms with Gasteiger partial charge >= 0.3 is 0 Å². The SMILES string of the molecule is CC(=O)CCCCC[C@H](NS(=O)(=O)Cc1ccccc1)C(=O)NCCc1c(-c2ccccc2)[nH]c2ccccc12. The first-order valence-electron chi connectivity index (χ1n) is 13.8. The molecule has 0 aliphatic rings. The largest absolute Gasteiger partial charge is 0.354 e. The molecule has 0 bridgehead atoms. The van der Waals surface area contributed by atoms with Crippen LogP contribution in [-0.2, 0) is 31.8 Å². The summed E-state index contributed by atoms with van der Waals surface area (Å²) in [5, 5.41) is 4.07. The molecule has 40 heavy (non-hydrogen) atoms.